The van der Waals surface area contributed by atoms with Gasteiger partial charge in [0.1, 0.15) is 18.5 Å². The van der Waals surface area contributed by atoms with Gasteiger partial charge in [0.25, 0.3) is 0 Å². The molecule has 7 heteroatoms. The van der Waals surface area contributed by atoms with Crippen LogP contribution in [0, 0.1) is 5.82 Å². The van der Waals surface area contributed by atoms with Crippen LogP contribution in [-0.4, -0.2) is 62.6 Å². The zero-order chi connectivity index (χ0) is 23.2. The third-order valence-corrected chi connectivity index (χ3v) is 6.05. The number of benzene rings is 3. The minimum Gasteiger partial charge on any atom is -0.497 e. The number of rotatable bonds is 8. The van der Waals surface area contributed by atoms with Crippen molar-refractivity contribution in [3.63, 3.8) is 0 Å². The lowest BCUT2D eigenvalue weighted by molar-refractivity contribution is 0.0649. The first kappa shape index (κ1) is 23.4. The van der Waals surface area contributed by atoms with Crippen molar-refractivity contribution in [1.82, 2.24) is 4.90 Å². The topological polar surface area (TPSA) is 45.2 Å². The van der Waals surface area contributed by atoms with Crippen LogP contribution in [0.3, 0.4) is 0 Å². The Hall–Kier alpha value is -2.80. The molecule has 1 fully saturated rings. The molecule has 4 rings (SSSR count). The summed E-state index contributed by atoms with van der Waals surface area (Å²) in [4.78, 5) is 4.58. The van der Waals surface area contributed by atoms with Crippen molar-refractivity contribution in [2.24, 2.45) is 0 Å². The average molecular weight is 471 g/mol. The lowest BCUT2D eigenvalue weighted by Crippen LogP contribution is -2.49. The van der Waals surface area contributed by atoms with Gasteiger partial charge in [0.2, 0.25) is 0 Å². The maximum absolute atomic E-state index is 13.8. The predicted octanol–water partition coefficient (Wildman–Crippen LogP) is 4.72. The van der Waals surface area contributed by atoms with Gasteiger partial charge in [-0.3, -0.25) is 4.90 Å². The zero-order valence-electron chi connectivity index (χ0n) is 18.6. The molecule has 3 aromatic rings. The third kappa shape index (κ3) is 5.96. The zero-order valence-corrected chi connectivity index (χ0v) is 19.3. The number of hydrogen-bond donors (Lipinski definition) is 1. The number of nitrogens with zero attached hydrogens (tertiary/aromatic N) is 2. The Bertz CT molecular complexity index is 1060. The normalized spacial score (nSPS) is 15.3. The van der Waals surface area contributed by atoms with Crippen LogP contribution in [0.15, 0.2) is 66.7 Å². The largest absolute Gasteiger partial charge is 0.497 e. The van der Waals surface area contributed by atoms with E-state index in [0.29, 0.717) is 11.6 Å². The van der Waals surface area contributed by atoms with E-state index in [1.165, 1.54) is 23.4 Å². The molecule has 0 aromatic heterocycles. The molecule has 0 saturated carbocycles. The Morgan fingerprint density at radius 2 is 1.73 bits per heavy atom. The number of methoxy groups -OCH3 is 1. The number of β-amino-alcohol motifs (C(OH)–C–C–N with tert-alkyl or cyclic N) is 1. The highest BCUT2D eigenvalue weighted by Crippen LogP contribution is 2.32. The fourth-order valence-corrected chi connectivity index (χ4v) is 4.22. The van der Waals surface area contributed by atoms with Crippen molar-refractivity contribution < 1.29 is 19.0 Å². The van der Waals surface area contributed by atoms with E-state index in [9.17, 15) is 9.50 Å². The number of hydrogen-bond acceptors (Lipinski definition) is 5. The summed E-state index contributed by atoms with van der Waals surface area (Å²) in [5.74, 6) is 0.406. The van der Waals surface area contributed by atoms with Crippen molar-refractivity contribution in [3.05, 3.63) is 77.6 Å². The van der Waals surface area contributed by atoms with Gasteiger partial charge < -0.3 is 19.5 Å². The van der Waals surface area contributed by atoms with Gasteiger partial charge in [-0.1, -0.05) is 41.9 Å². The highest BCUT2D eigenvalue weighted by atomic mass is 35.5. The summed E-state index contributed by atoms with van der Waals surface area (Å²) in [6.45, 7) is 3.86. The van der Waals surface area contributed by atoms with Crippen LogP contribution < -0.4 is 14.4 Å². The molecule has 1 N–H and O–H groups in total. The van der Waals surface area contributed by atoms with Crippen LogP contribution in [0.2, 0.25) is 5.02 Å². The summed E-state index contributed by atoms with van der Waals surface area (Å²) >= 11 is 5.76. The molecular weight excluding hydrogens is 443 g/mol. The van der Waals surface area contributed by atoms with E-state index in [2.05, 4.69) is 46.2 Å². The van der Waals surface area contributed by atoms with Crippen molar-refractivity contribution in [1.29, 1.82) is 0 Å². The molecule has 1 aliphatic heterocycles. The van der Waals surface area contributed by atoms with Crippen molar-refractivity contribution in [3.8, 4) is 22.6 Å². The molecule has 0 amide bonds. The predicted molar refractivity (Wildman–Crippen MR) is 130 cm³/mol. The Labute approximate surface area is 198 Å². The average Bonchev–Trinajstić information content (AvgIpc) is 2.84. The first-order chi connectivity index (χ1) is 16.0. The second-order valence-corrected chi connectivity index (χ2v) is 8.51. The van der Waals surface area contributed by atoms with E-state index >= 15 is 0 Å². The summed E-state index contributed by atoms with van der Waals surface area (Å²) in [5.41, 5.74) is 3.53. The number of anilines is 1. The van der Waals surface area contributed by atoms with Gasteiger partial charge >= 0.3 is 0 Å². The fraction of sp³-hybridized carbons (Fsp3) is 0.308. The van der Waals surface area contributed by atoms with Crippen LogP contribution >= 0.6 is 11.6 Å². The molecule has 1 saturated heterocycles. The molecule has 0 unspecified atom stereocenters. The second kappa shape index (κ2) is 10.9. The summed E-state index contributed by atoms with van der Waals surface area (Å²) in [6, 6.07) is 20.8. The lowest BCUT2D eigenvalue weighted by atomic mass is 10.0. The van der Waals surface area contributed by atoms with Crippen LogP contribution in [0.5, 0.6) is 11.5 Å². The van der Waals surface area contributed by atoms with Crippen LogP contribution in [0.1, 0.15) is 0 Å². The lowest BCUT2D eigenvalue weighted by Gasteiger charge is -2.37. The molecule has 0 spiro atoms. The molecule has 3 aromatic carbocycles. The smallest absolute Gasteiger partial charge is 0.166 e. The van der Waals surface area contributed by atoms with Gasteiger partial charge in [-0.25, -0.2) is 4.39 Å². The number of halogens is 2. The van der Waals surface area contributed by atoms with Gasteiger partial charge in [0.15, 0.2) is 11.6 Å². The van der Waals surface area contributed by atoms with Gasteiger partial charge in [0.05, 0.1) is 7.11 Å². The number of aliphatic hydroxyl groups is 1. The van der Waals surface area contributed by atoms with Crippen molar-refractivity contribution in [2.75, 3.05) is 51.3 Å². The molecular formula is C26H28ClFN2O3. The highest BCUT2D eigenvalue weighted by molar-refractivity contribution is 6.30. The number of ether oxygens (including phenoxy) is 2. The summed E-state index contributed by atoms with van der Waals surface area (Å²) in [7, 11) is 1.67. The molecule has 5 nitrogen and oxygen atoms in total. The van der Waals surface area contributed by atoms with Gasteiger partial charge in [-0.05, 0) is 42.0 Å². The molecule has 1 heterocycles. The van der Waals surface area contributed by atoms with E-state index in [1.54, 1.807) is 13.2 Å². The van der Waals surface area contributed by atoms with Crippen molar-refractivity contribution >= 4 is 17.3 Å². The molecule has 33 heavy (non-hydrogen) atoms. The maximum atomic E-state index is 13.8. The van der Waals surface area contributed by atoms with Gasteiger partial charge in [-0.2, -0.15) is 0 Å². The van der Waals surface area contributed by atoms with E-state index in [0.717, 1.165) is 37.5 Å². The van der Waals surface area contributed by atoms with Crippen molar-refractivity contribution in [2.45, 2.75) is 6.10 Å². The molecule has 1 atom stereocenters. The number of para-hydroxylation sites is 1. The number of piperazine rings is 1. The minimum absolute atomic E-state index is 0.0269. The van der Waals surface area contributed by atoms with Crippen LogP contribution in [-0.2, 0) is 0 Å². The highest BCUT2D eigenvalue weighted by Gasteiger charge is 2.22. The van der Waals surface area contributed by atoms with Crippen LogP contribution in [0.25, 0.3) is 11.1 Å². The summed E-state index contributed by atoms with van der Waals surface area (Å²) < 4.78 is 24.6. The SMILES string of the molecule is COc1ccc(-c2ccccc2N2CCN(C[C@@H](O)COc3ccc(Cl)cc3F)CC2)cc1. The Morgan fingerprint density at radius 3 is 2.42 bits per heavy atom. The summed E-state index contributed by atoms with van der Waals surface area (Å²) in [6.07, 6.45) is -0.710. The Balaban J connectivity index is 1.31. The van der Waals surface area contributed by atoms with Gasteiger partial charge in [-0.15, -0.1) is 0 Å². The molecule has 1 aliphatic rings. The minimum atomic E-state index is -0.710. The monoisotopic (exact) mass is 470 g/mol. The standard InChI is InChI=1S/C26H28ClFN2O3/c1-32-22-9-6-19(7-10-22)23-4-2-3-5-25(23)30-14-12-29(13-15-30)17-21(31)18-33-26-11-8-20(27)16-24(26)28/h2-11,16,21,31H,12-15,17-18H2,1H3/t21-/m1/s1. The number of aliphatic hydroxyl groups excluding tert-OH is 1. The molecule has 0 aliphatic carbocycles. The van der Waals surface area contributed by atoms with E-state index in [4.69, 9.17) is 21.1 Å². The second-order valence-electron chi connectivity index (χ2n) is 8.07. The first-order valence-electron chi connectivity index (χ1n) is 11.0. The quantitative estimate of drug-likeness (QED) is 0.516. The summed E-state index contributed by atoms with van der Waals surface area (Å²) in [5, 5.41) is 10.7. The maximum Gasteiger partial charge on any atom is 0.166 e. The van der Waals surface area contributed by atoms with E-state index in [1.807, 2.05) is 12.1 Å². The first-order valence-corrected chi connectivity index (χ1v) is 11.4. The molecule has 174 valence electrons. The van der Waals surface area contributed by atoms with Crippen LogP contribution in [0.4, 0.5) is 10.1 Å². The Morgan fingerprint density at radius 1 is 1.00 bits per heavy atom. The third-order valence-electron chi connectivity index (χ3n) is 5.81. The molecule has 0 radical (unpaired) electrons. The Kier molecular flexibility index (Phi) is 7.70. The van der Waals surface area contributed by atoms with Gasteiger partial charge in [0, 0.05) is 49.0 Å². The molecule has 0 bridgehead atoms. The fourth-order valence-electron chi connectivity index (χ4n) is 4.06. The van der Waals surface area contributed by atoms with E-state index < -0.39 is 11.9 Å². The van der Waals surface area contributed by atoms with E-state index in [-0.39, 0.29) is 12.4 Å².